The SMILES string of the molecule is CCc1c(NS(C)(=O)=O)cccc1N1CCN(C2CCSc3ccccc32)CC1. The molecule has 2 aromatic rings. The second-order valence-electron chi connectivity index (χ2n) is 7.74. The summed E-state index contributed by atoms with van der Waals surface area (Å²) >= 11 is 1.97. The van der Waals surface area contributed by atoms with Crippen LogP contribution in [-0.2, 0) is 16.4 Å². The van der Waals surface area contributed by atoms with Crippen LogP contribution in [0.1, 0.15) is 30.5 Å². The van der Waals surface area contributed by atoms with Gasteiger partial charge < -0.3 is 4.90 Å². The molecule has 156 valence electrons. The summed E-state index contributed by atoms with van der Waals surface area (Å²) in [6.45, 7) is 6.05. The van der Waals surface area contributed by atoms with E-state index < -0.39 is 10.0 Å². The molecule has 2 aliphatic heterocycles. The molecule has 0 saturated carbocycles. The maximum Gasteiger partial charge on any atom is 0.229 e. The normalized spacial score (nSPS) is 20.3. The lowest BCUT2D eigenvalue weighted by atomic mass is 10.0. The van der Waals surface area contributed by atoms with Crippen molar-refractivity contribution in [3.05, 3.63) is 53.6 Å². The van der Waals surface area contributed by atoms with Gasteiger partial charge in [-0.25, -0.2) is 8.42 Å². The van der Waals surface area contributed by atoms with Gasteiger partial charge in [-0.15, -0.1) is 11.8 Å². The summed E-state index contributed by atoms with van der Waals surface area (Å²) < 4.78 is 26.2. The number of sulfonamides is 1. The molecule has 7 heteroatoms. The summed E-state index contributed by atoms with van der Waals surface area (Å²) in [6.07, 6.45) is 3.20. The topological polar surface area (TPSA) is 52.7 Å². The van der Waals surface area contributed by atoms with Crippen LogP contribution in [0, 0.1) is 0 Å². The van der Waals surface area contributed by atoms with Gasteiger partial charge in [0.25, 0.3) is 0 Å². The first-order chi connectivity index (χ1) is 14.0. The average Bonchev–Trinajstić information content (AvgIpc) is 2.72. The second kappa shape index (κ2) is 8.58. The molecule has 1 saturated heterocycles. The smallest absolute Gasteiger partial charge is 0.229 e. The maximum absolute atomic E-state index is 11.7. The zero-order valence-corrected chi connectivity index (χ0v) is 18.7. The largest absolute Gasteiger partial charge is 0.369 e. The molecule has 1 atom stereocenters. The van der Waals surface area contributed by atoms with E-state index in [1.165, 1.54) is 28.9 Å². The van der Waals surface area contributed by atoms with Gasteiger partial charge in [0, 0.05) is 42.8 Å². The zero-order valence-electron chi connectivity index (χ0n) is 17.1. The van der Waals surface area contributed by atoms with Crippen molar-refractivity contribution >= 4 is 33.2 Å². The van der Waals surface area contributed by atoms with Crippen LogP contribution in [-0.4, -0.2) is 51.5 Å². The number of rotatable bonds is 5. The first-order valence-electron chi connectivity index (χ1n) is 10.3. The standard InChI is InChI=1S/C22H29N3O2S2/c1-3-17-19(23-29(2,26)27)8-6-9-20(17)24-12-14-25(15-13-24)21-11-16-28-22-10-5-4-7-18(21)22/h4-10,21,23H,3,11-16H2,1-2H3. The van der Waals surface area contributed by atoms with Crippen LogP contribution in [0.15, 0.2) is 47.4 Å². The summed E-state index contributed by atoms with van der Waals surface area (Å²) in [6, 6.07) is 15.3. The highest BCUT2D eigenvalue weighted by Gasteiger charge is 2.29. The van der Waals surface area contributed by atoms with E-state index in [-0.39, 0.29) is 0 Å². The van der Waals surface area contributed by atoms with E-state index in [0.717, 1.165) is 43.9 Å². The van der Waals surface area contributed by atoms with Crippen molar-refractivity contribution in [1.82, 2.24) is 4.90 Å². The lowest BCUT2D eigenvalue weighted by Crippen LogP contribution is -2.48. The Hall–Kier alpha value is -1.70. The van der Waals surface area contributed by atoms with Crippen LogP contribution >= 0.6 is 11.8 Å². The van der Waals surface area contributed by atoms with Gasteiger partial charge in [-0.3, -0.25) is 9.62 Å². The highest BCUT2D eigenvalue weighted by Crippen LogP contribution is 2.40. The Morgan fingerprint density at radius 2 is 1.83 bits per heavy atom. The van der Waals surface area contributed by atoms with Crippen molar-refractivity contribution in [1.29, 1.82) is 0 Å². The summed E-state index contributed by atoms with van der Waals surface area (Å²) in [5.74, 6) is 1.18. The number of hydrogen-bond acceptors (Lipinski definition) is 5. The molecule has 1 N–H and O–H groups in total. The quantitative estimate of drug-likeness (QED) is 0.776. The number of hydrogen-bond donors (Lipinski definition) is 1. The van der Waals surface area contributed by atoms with Crippen LogP contribution in [0.5, 0.6) is 0 Å². The first-order valence-corrected chi connectivity index (χ1v) is 13.1. The van der Waals surface area contributed by atoms with Gasteiger partial charge in [-0.2, -0.15) is 0 Å². The Kier molecular flexibility index (Phi) is 6.08. The van der Waals surface area contributed by atoms with Crippen molar-refractivity contribution in [2.24, 2.45) is 0 Å². The number of piperazine rings is 1. The molecule has 5 nitrogen and oxygen atoms in total. The Morgan fingerprint density at radius 1 is 1.07 bits per heavy atom. The fourth-order valence-corrected chi connectivity index (χ4v) is 6.21. The number of thioether (sulfide) groups is 1. The molecule has 4 rings (SSSR count). The molecule has 1 fully saturated rings. The summed E-state index contributed by atoms with van der Waals surface area (Å²) in [4.78, 5) is 6.46. The fourth-order valence-electron chi connectivity index (χ4n) is 4.51. The predicted molar refractivity (Wildman–Crippen MR) is 123 cm³/mol. The highest BCUT2D eigenvalue weighted by atomic mass is 32.2. The lowest BCUT2D eigenvalue weighted by molar-refractivity contribution is 0.178. The minimum absolute atomic E-state index is 0.512. The Morgan fingerprint density at radius 3 is 2.55 bits per heavy atom. The molecule has 0 aliphatic carbocycles. The molecule has 0 radical (unpaired) electrons. The third kappa shape index (κ3) is 4.57. The molecule has 0 bridgehead atoms. The van der Waals surface area contributed by atoms with E-state index in [0.29, 0.717) is 11.7 Å². The van der Waals surface area contributed by atoms with E-state index in [1.807, 2.05) is 23.9 Å². The fraction of sp³-hybridized carbons (Fsp3) is 0.455. The van der Waals surface area contributed by atoms with Gasteiger partial charge in [-0.1, -0.05) is 31.2 Å². The molecule has 2 aromatic carbocycles. The number of benzene rings is 2. The average molecular weight is 432 g/mol. The minimum Gasteiger partial charge on any atom is -0.369 e. The number of fused-ring (bicyclic) bond motifs is 1. The summed E-state index contributed by atoms with van der Waals surface area (Å²) in [5.41, 5.74) is 4.41. The molecule has 0 amide bonds. The van der Waals surface area contributed by atoms with E-state index in [9.17, 15) is 8.42 Å². The van der Waals surface area contributed by atoms with Gasteiger partial charge in [0.05, 0.1) is 11.9 Å². The first kappa shape index (κ1) is 20.6. The molecular weight excluding hydrogens is 402 g/mol. The van der Waals surface area contributed by atoms with Gasteiger partial charge in [-0.05, 0) is 47.9 Å². The lowest BCUT2D eigenvalue weighted by Gasteiger charge is -2.42. The molecule has 2 heterocycles. The van der Waals surface area contributed by atoms with Gasteiger partial charge >= 0.3 is 0 Å². The monoisotopic (exact) mass is 431 g/mol. The van der Waals surface area contributed by atoms with Crippen molar-refractivity contribution in [2.45, 2.75) is 30.7 Å². The van der Waals surface area contributed by atoms with E-state index in [4.69, 9.17) is 0 Å². The second-order valence-corrected chi connectivity index (χ2v) is 10.6. The van der Waals surface area contributed by atoms with Gasteiger partial charge in [0.2, 0.25) is 10.0 Å². The van der Waals surface area contributed by atoms with Crippen LogP contribution in [0.2, 0.25) is 0 Å². The minimum atomic E-state index is -3.29. The molecule has 0 spiro atoms. The number of anilines is 2. The van der Waals surface area contributed by atoms with Crippen molar-refractivity contribution in [3.63, 3.8) is 0 Å². The van der Waals surface area contributed by atoms with Crippen molar-refractivity contribution in [2.75, 3.05) is 47.8 Å². The third-order valence-electron chi connectivity index (χ3n) is 5.82. The number of nitrogens with one attached hydrogen (secondary N) is 1. The Bertz CT molecular complexity index is 970. The van der Waals surface area contributed by atoms with E-state index in [2.05, 4.69) is 51.8 Å². The van der Waals surface area contributed by atoms with Crippen LogP contribution in [0.25, 0.3) is 0 Å². The van der Waals surface area contributed by atoms with Crippen LogP contribution < -0.4 is 9.62 Å². The highest BCUT2D eigenvalue weighted by molar-refractivity contribution is 7.99. The van der Waals surface area contributed by atoms with Crippen LogP contribution in [0.4, 0.5) is 11.4 Å². The third-order valence-corrected chi connectivity index (χ3v) is 7.54. The molecule has 0 aromatic heterocycles. The van der Waals surface area contributed by atoms with E-state index in [1.54, 1.807) is 0 Å². The Labute approximate surface area is 178 Å². The molecule has 29 heavy (non-hydrogen) atoms. The van der Waals surface area contributed by atoms with Crippen molar-refractivity contribution < 1.29 is 8.42 Å². The van der Waals surface area contributed by atoms with Crippen LogP contribution in [0.3, 0.4) is 0 Å². The summed E-state index contributed by atoms with van der Waals surface area (Å²) in [7, 11) is -3.29. The molecule has 1 unspecified atom stereocenters. The summed E-state index contributed by atoms with van der Waals surface area (Å²) in [5, 5.41) is 0. The molecular formula is C22H29N3O2S2. The molecule has 2 aliphatic rings. The van der Waals surface area contributed by atoms with Gasteiger partial charge in [0.15, 0.2) is 0 Å². The van der Waals surface area contributed by atoms with Gasteiger partial charge in [0.1, 0.15) is 0 Å². The number of nitrogens with zero attached hydrogens (tertiary/aromatic N) is 2. The van der Waals surface area contributed by atoms with Crippen molar-refractivity contribution in [3.8, 4) is 0 Å². The van der Waals surface area contributed by atoms with E-state index >= 15 is 0 Å². The predicted octanol–water partition coefficient (Wildman–Crippen LogP) is 3.98. The Balaban J connectivity index is 1.50. The maximum atomic E-state index is 11.7. The zero-order chi connectivity index (χ0) is 20.4.